The van der Waals surface area contributed by atoms with E-state index in [1.807, 2.05) is 30.3 Å². The van der Waals surface area contributed by atoms with Gasteiger partial charge in [-0.3, -0.25) is 4.90 Å². The van der Waals surface area contributed by atoms with E-state index < -0.39 is 0 Å². The molecule has 2 aromatic heterocycles. The van der Waals surface area contributed by atoms with Gasteiger partial charge in [-0.1, -0.05) is 12.1 Å². The SMILES string of the molecule is N#Cc1ccnc(N2CCN(CCCc3nc4ccccc4o3)CC2)c1. The number of aromatic nitrogens is 2. The highest BCUT2D eigenvalue weighted by atomic mass is 16.3. The number of nitriles is 1. The first-order valence-corrected chi connectivity index (χ1v) is 9.00. The van der Waals surface area contributed by atoms with Crippen LogP contribution in [0.4, 0.5) is 5.82 Å². The minimum Gasteiger partial charge on any atom is -0.441 e. The topological polar surface area (TPSA) is 69.2 Å². The smallest absolute Gasteiger partial charge is 0.195 e. The molecule has 3 aromatic rings. The molecule has 0 amide bonds. The third-order valence-corrected chi connectivity index (χ3v) is 4.77. The van der Waals surface area contributed by atoms with Crippen LogP contribution in [0.2, 0.25) is 0 Å². The van der Waals surface area contributed by atoms with Crippen LogP contribution in [-0.4, -0.2) is 47.6 Å². The molecular formula is C20H21N5O. The number of fused-ring (bicyclic) bond motifs is 1. The third-order valence-electron chi connectivity index (χ3n) is 4.77. The largest absolute Gasteiger partial charge is 0.441 e. The average Bonchev–Trinajstić information content (AvgIpc) is 3.11. The zero-order valence-corrected chi connectivity index (χ0v) is 14.6. The molecule has 0 unspecified atom stereocenters. The standard InChI is InChI=1S/C20H21N5O/c21-15-16-7-8-22-19(14-16)25-12-10-24(11-13-25)9-3-6-20-23-17-4-1-2-5-18(17)26-20/h1-2,4-5,7-8,14H,3,6,9-13H2. The second kappa shape index (κ2) is 7.54. The molecule has 6 heteroatoms. The van der Waals surface area contributed by atoms with Gasteiger partial charge in [-0.05, 0) is 37.2 Å². The maximum absolute atomic E-state index is 9.02. The maximum Gasteiger partial charge on any atom is 0.195 e. The van der Waals surface area contributed by atoms with Crippen LogP contribution in [-0.2, 0) is 6.42 Å². The molecule has 0 saturated carbocycles. The number of aryl methyl sites for hydroxylation is 1. The molecule has 26 heavy (non-hydrogen) atoms. The van der Waals surface area contributed by atoms with E-state index >= 15 is 0 Å². The zero-order valence-electron chi connectivity index (χ0n) is 14.6. The Bertz CT molecular complexity index is 888. The first kappa shape index (κ1) is 16.6. The normalized spacial score (nSPS) is 15.3. The lowest BCUT2D eigenvalue weighted by atomic mass is 10.2. The van der Waals surface area contributed by atoms with E-state index in [2.05, 4.69) is 25.8 Å². The van der Waals surface area contributed by atoms with Crippen LogP contribution >= 0.6 is 0 Å². The minimum atomic E-state index is 0.663. The molecule has 132 valence electrons. The lowest BCUT2D eigenvalue weighted by molar-refractivity contribution is 0.252. The van der Waals surface area contributed by atoms with Gasteiger partial charge < -0.3 is 9.32 Å². The molecule has 1 saturated heterocycles. The first-order chi connectivity index (χ1) is 12.8. The van der Waals surface area contributed by atoms with Gasteiger partial charge in [0.15, 0.2) is 11.5 Å². The van der Waals surface area contributed by atoms with Gasteiger partial charge in [0.05, 0.1) is 11.6 Å². The molecule has 1 aromatic carbocycles. The first-order valence-electron chi connectivity index (χ1n) is 9.00. The van der Waals surface area contributed by atoms with Crippen molar-refractivity contribution >= 4 is 16.9 Å². The van der Waals surface area contributed by atoms with Crippen LogP contribution in [0.25, 0.3) is 11.1 Å². The summed E-state index contributed by atoms with van der Waals surface area (Å²) in [7, 11) is 0. The highest BCUT2D eigenvalue weighted by Crippen LogP contribution is 2.17. The van der Waals surface area contributed by atoms with Crippen LogP contribution < -0.4 is 4.90 Å². The summed E-state index contributed by atoms with van der Waals surface area (Å²) in [4.78, 5) is 13.6. The summed E-state index contributed by atoms with van der Waals surface area (Å²) >= 11 is 0. The highest BCUT2D eigenvalue weighted by molar-refractivity contribution is 5.72. The fraction of sp³-hybridized carbons (Fsp3) is 0.350. The number of para-hydroxylation sites is 2. The van der Waals surface area contributed by atoms with E-state index in [0.717, 1.165) is 68.4 Å². The Kier molecular flexibility index (Phi) is 4.80. The summed E-state index contributed by atoms with van der Waals surface area (Å²) in [5.74, 6) is 1.72. The predicted molar refractivity (Wildman–Crippen MR) is 99.9 cm³/mol. The fourth-order valence-corrected chi connectivity index (χ4v) is 3.34. The summed E-state index contributed by atoms with van der Waals surface area (Å²) in [6.07, 6.45) is 3.61. The van der Waals surface area contributed by atoms with Crippen LogP contribution in [0.15, 0.2) is 47.0 Å². The van der Waals surface area contributed by atoms with Gasteiger partial charge in [0.2, 0.25) is 0 Å². The molecule has 0 N–H and O–H groups in total. The predicted octanol–water partition coefficient (Wildman–Crippen LogP) is 2.85. The molecule has 3 heterocycles. The van der Waals surface area contributed by atoms with E-state index in [1.165, 1.54) is 0 Å². The van der Waals surface area contributed by atoms with Crippen molar-refractivity contribution < 1.29 is 4.42 Å². The number of rotatable bonds is 5. The van der Waals surface area contributed by atoms with Gasteiger partial charge in [-0.2, -0.15) is 5.26 Å². The molecule has 0 radical (unpaired) electrons. The van der Waals surface area contributed by atoms with Crippen molar-refractivity contribution in [3.05, 3.63) is 54.0 Å². The van der Waals surface area contributed by atoms with E-state index in [4.69, 9.17) is 9.68 Å². The van der Waals surface area contributed by atoms with Crippen molar-refractivity contribution in [1.82, 2.24) is 14.9 Å². The monoisotopic (exact) mass is 347 g/mol. The van der Waals surface area contributed by atoms with E-state index in [1.54, 1.807) is 12.3 Å². The molecule has 0 aliphatic carbocycles. The summed E-state index contributed by atoms with van der Waals surface area (Å²) in [5, 5.41) is 9.02. The van der Waals surface area contributed by atoms with Crippen molar-refractivity contribution in [2.24, 2.45) is 0 Å². The number of oxazole rings is 1. The number of nitrogens with zero attached hydrogens (tertiary/aromatic N) is 5. The van der Waals surface area contributed by atoms with Crippen LogP contribution in [0.1, 0.15) is 17.9 Å². The van der Waals surface area contributed by atoms with Crippen molar-refractivity contribution in [3.8, 4) is 6.07 Å². The lowest BCUT2D eigenvalue weighted by Crippen LogP contribution is -2.47. The second-order valence-electron chi connectivity index (χ2n) is 6.52. The van der Waals surface area contributed by atoms with Crippen molar-refractivity contribution in [2.75, 3.05) is 37.6 Å². The van der Waals surface area contributed by atoms with Gasteiger partial charge in [-0.15, -0.1) is 0 Å². The maximum atomic E-state index is 9.02. The number of pyridine rings is 1. The number of piperazine rings is 1. The quantitative estimate of drug-likeness (QED) is 0.707. The molecule has 1 fully saturated rings. The summed E-state index contributed by atoms with van der Waals surface area (Å²) < 4.78 is 5.78. The Balaban J connectivity index is 1.25. The Morgan fingerprint density at radius 2 is 1.96 bits per heavy atom. The Hall–Kier alpha value is -2.91. The Labute approximate surface area is 152 Å². The Morgan fingerprint density at radius 3 is 2.77 bits per heavy atom. The number of hydrogen-bond donors (Lipinski definition) is 0. The van der Waals surface area contributed by atoms with E-state index in [-0.39, 0.29) is 0 Å². The molecule has 1 aliphatic rings. The molecule has 4 rings (SSSR count). The molecule has 0 atom stereocenters. The zero-order chi connectivity index (χ0) is 17.8. The summed E-state index contributed by atoms with van der Waals surface area (Å²) in [6.45, 7) is 4.92. The van der Waals surface area contributed by atoms with Crippen LogP contribution in [0.5, 0.6) is 0 Å². The third kappa shape index (κ3) is 3.68. The average molecular weight is 347 g/mol. The fourth-order valence-electron chi connectivity index (χ4n) is 3.34. The summed E-state index contributed by atoms with van der Waals surface area (Å²) in [5.41, 5.74) is 2.46. The van der Waals surface area contributed by atoms with E-state index in [9.17, 15) is 0 Å². The minimum absolute atomic E-state index is 0.663. The van der Waals surface area contributed by atoms with Gasteiger partial charge in [0, 0.05) is 38.8 Å². The summed E-state index contributed by atoms with van der Waals surface area (Å²) in [6, 6.07) is 13.7. The number of benzene rings is 1. The molecule has 6 nitrogen and oxygen atoms in total. The second-order valence-corrected chi connectivity index (χ2v) is 6.52. The van der Waals surface area contributed by atoms with E-state index in [0.29, 0.717) is 5.56 Å². The van der Waals surface area contributed by atoms with Crippen molar-refractivity contribution in [2.45, 2.75) is 12.8 Å². The number of anilines is 1. The van der Waals surface area contributed by atoms with Crippen molar-refractivity contribution in [1.29, 1.82) is 5.26 Å². The van der Waals surface area contributed by atoms with Crippen LogP contribution in [0.3, 0.4) is 0 Å². The van der Waals surface area contributed by atoms with Gasteiger partial charge in [-0.25, -0.2) is 9.97 Å². The van der Waals surface area contributed by atoms with Gasteiger partial charge in [0.25, 0.3) is 0 Å². The highest BCUT2D eigenvalue weighted by Gasteiger charge is 2.18. The Morgan fingerprint density at radius 1 is 1.12 bits per heavy atom. The number of hydrogen-bond acceptors (Lipinski definition) is 6. The van der Waals surface area contributed by atoms with Gasteiger partial charge >= 0.3 is 0 Å². The molecule has 0 spiro atoms. The molecule has 1 aliphatic heterocycles. The lowest BCUT2D eigenvalue weighted by Gasteiger charge is -2.35. The molecule has 0 bridgehead atoms. The molecular weight excluding hydrogens is 326 g/mol. The van der Waals surface area contributed by atoms with Crippen LogP contribution in [0, 0.1) is 11.3 Å². The van der Waals surface area contributed by atoms with Gasteiger partial charge in [0.1, 0.15) is 11.3 Å². The van der Waals surface area contributed by atoms with Crippen molar-refractivity contribution in [3.63, 3.8) is 0 Å².